The van der Waals surface area contributed by atoms with Crippen LogP contribution in [0.5, 0.6) is 0 Å². The molecule has 0 aliphatic heterocycles. The van der Waals surface area contributed by atoms with Crippen LogP contribution < -0.4 is 10.6 Å². The first-order valence-electron chi connectivity index (χ1n) is 7.80. The number of nitrogens with zero attached hydrogens (tertiary/aromatic N) is 1. The Morgan fingerprint density at radius 3 is 2.45 bits per heavy atom. The maximum atomic E-state index is 6.20. The number of anilines is 1. The van der Waals surface area contributed by atoms with Gasteiger partial charge in [0.1, 0.15) is 0 Å². The van der Waals surface area contributed by atoms with E-state index >= 15 is 0 Å². The second kappa shape index (κ2) is 8.53. The summed E-state index contributed by atoms with van der Waals surface area (Å²) in [4.78, 5) is 2.43. The van der Waals surface area contributed by atoms with Gasteiger partial charge in [0, 0.05) is 29.8 Å². The van der Waals surface area contributed by atoms with Crippen LogP contribution >= 0.6 is 11.6 Å². The van der Waals surface area contributed by atoms with Gasteiger partial charge >= 0.3 is 0 Å². The molecule has 20 heavy (non-hydrogen) atoms. The van der Waals surface area contributed by atoms with Gasteiger partial charge in [0.05, 0.1) is 0 Å². The fourth-order valence-corrected chi connectivity index (χ4v) is 2.50. The summed E-state index contributed by atoms with van der Waals surface area (Å²) >= 11 is 6.20. The van der Waals surface area contributed by atoms with Crippen molar-refractivity contribution in [3.8, 4) is 0 Å². The third-order valence-corrected chi connectivity index (χ3v) is 4.24. The summed E-state index contributed by atoms with van der Waals surface area (Å²) in [7, 11) is 0. The smallest absolute Gasteiger partial charge is 0.0426 e. The van der Waals surface area contributed by atoms with Crippen LogP contribution in [0.3, 0.4) is 0 Å². The van der Waals surface area contributed by atoms with Gasteiger partial charge in [-0.05, 0) is 43.4 Å². The van der Waals surface area contributed by atoms with Crippen LogP contribution in [0.1, 0.15) is 46.1 Å². The van der Waals surface area contributed by atoms with Crippen molar-refractivity contribution in [1.82, 2.24) is 0 Å². The highest BCUT2D eigenvalue weighted by molar-refractivity contribution is 6.30. The van der Waals surface area contributed by atoms with Crippen molar-refractivity contribution >= 4 is 17.3 Å². The van der Waals surface area contributed by atoms with Gasteiger partial charge in [-0.25, -0.2) is 0 Å². The lowest BCUT2D eigenvalue weighted by Crippen LogP contribution is -2.30. The Labute approximate surface area is 129 Å². The molecule has 0 amide bonds. The van der Waals surface area contributed by atoms with E-state index < -0.39 is 0 Å². The molecule has 0 bridgehead atoms. The zero-order chi connectivity index (χ0) is 15.1. The minimum Gasteiger partial charge on any atom is -0.371 e. The first-order chi connectivity index (χ1) is 9.51. The third kappa shape index (κ3) is 4.99. The van der Waals surface area contributed by atoms with Gasteiger partial charge in [0.15, 0.2) is 0 Å². The van der Waals surface area contributed by atoms with Crippen molar-refractivity contribution in [2.75, 3.05) is 18.0 Å². The summed E-state index contributed by atoms with van der Waals surface area (Å²) in [6, 6.07) is 6.41. The summed E-state index contributed by atoms with van der Waals surface area (Å²) < 4.78 is 0. The van der Waals surface area contributed by atoms with Gasteiger partial charge in [-0.2, -0.15) is 0 Å². The Balaban J connectivity index is 3.01. The fourth-order valence-electron chi connectivity index (χ4n) is 2.33. The van der Waals surface area contributed by atoms with Gasteiger partial charge in [-0.1, -0.05) is 44.9 Å². The van der Waals surface area contributed by atoms with E-state index in [4.69, 9.17) is 17.3 Å². The molecule has 0 saturated heterocycles. The van der Waals surface area contributed by atoms with Crippen molar-refractivity contribution in [2.45, 2.75) is 53.0 Å². The van der Waals surface area contributed by atoms with Gasteiger partial charge < -0.3 is 10.6 Å². The van der Waals surface area contributed by atoms with Crippen molar-refractivity contribution in [3.63, 3.8) is 0 Å². The van der Waals surface area contributed by atoms with E-state index in [1.165, 1.54) is 17.7 Å². The summed E-state index contributed by atoms with van der Waals surface area (Å²) in [6.45, 7) is 10.9. The standard InChI is InChI=1S/C17H29ClN2/c1-5-13(4)12-20(7-3)17-11-15(18)9-8-14(17)10-16(19)6-2/h8-9,11,13,16H,5-7,10,12,19H2,1-4H3. The topological polar surface area (TPSA) is 29.3 Å². The highest BCUT2D eigenvalue weighted by Gasteiger charge is 2.14. The lowest BCUT2D eigenvalue weighted by molar-refractivity contribution is 0.546. The number of benzene rings is 1. The van der Waals surface area contributed by atoms with E-state index in [0.29, 0.717) is 5.92 Å². The molecule has 0 radical (unpaired) electrons. The molecule has 0 fully saturated rings. The minimum atomic E-state index is 0.220. The largest absolute Gasteiger partial charge is 0.371 e. The van der Waals surface area contributed by atoms with E-state index in [0.717, 1.165) is 31.0 Å². The molecule has 2 N–H and O–H groups in total. The zero-order valence-corrected chi connectivity index (χ0v) is 14.1. The van der Waals surface area contributed by atoms with Crippen LogP contribution in [-0.2, 0) is 6.42 Å². The number of nitrogens with two attached hydrogens (primary N) is 1. The Hall–Kier alpha value is -0.730. The number of halogens is 1. The monoisotopic (exact) mass is 296 g/mol. The molecule has 0 aliphatic rings. The molecule has 1 aromatic carbocycles. The highest BCUT2D eigenvalue weighted by Crippen LogP contribution is 2.27. The summed E-state index contributed by atoms with van der Waals surface area (Å²) in [5, 5.41) is 0.802. The van der Waals surface area contributed by atoms with Crippen molar-refractivity contribution < 1.29 is 0 Å². The fraction of sp³-hybridized carbons (Fsp3) is 0.647. The third-order valence-electron chi connectivity index (χ3n) is 4.01. The predicted molar refractivity (Wildman–Crippen MR) is 90.8 cm³/mol. The van der Waals surface area contributed by atoms with Crippen molar-refractivity contribution in [1.29, 1.82) is 0 Å². The summed E-state index contributed by atoms with van der Waals surface area (Å²) in [6.07, 6.45) is 3.11. The molecule has 2 atom stereocenters. The lowest BCUT2D eigenvalue weighted by atomic mass is 10.0. The molecule has 3 heteroatoms. The number of rotatable bonds is 8. The Bertz CT molecular complexity index is 406. The summed E-state index contributed by atoms with van der Waals surface area (Å²) in [5.74, 6) is 0.682. The summed E-state index contributed by atoms with van der Waals surface area (Å²) in [5.41, 5.74) is 8.70. The average molecular weight is 297 g/mol. The number of hydrogen-bond donors (Lipinski definition) is 1. The Morgan fingerprint density at radius 1 is 1.20 bits per heavy atom. The normalized spacial score (nSPS) is 14.1. The molecule has 1 aromatic rings. The molecule has 0 heterocycles. The first-order valence-corrected chi connectivity index (χ1v) is 8.18. The van der Waals surface area contributed by atoms with Gasteiger partial charge in [-0.15, -0.1) is 0 Å². The van der Waals surface area contributed by atoms with Crippen molar-refractivity contribution in [2.24, 2.45) is 11.7 Å². The Kier molecular flexibility index (Phi) is 7.39. The quantitative estimate of drug-likeness (QED) is 0.766. The van der Waals surface area contributed by atoms with Crippen molar-refractivity contribution in [3.05, 3.63) is 28.8 Å². The SMILES string of the molecule is CCC(C)CN(CC)c1cc(Cl)ccc1CC(N)CC. The number of hydrogen-bond acceptors (Lipinski definition) is 2. The van der Waals surface area contributed by atoms with E-state index in [2.05, 4.69) is 44.7 Å². The predicted octanol–water partition coefficient (Wildman–Crippen LogP) is 4.49. The van der Waals surface area contributed by atoms with E-state index in [9.17, 15) is 0 Å². The second-order valence-electron chi connectivity index (χ2n) is 5.70. The lowest BCUT2D eigenvalue weighted by Gasteiger charge is -2.29. The molecule has 0 saturated carbocycles. The molecule has 0 spiro atoms. The van der Waals surface area contributed by atoms with Crippen LogP contribution in [0.25, 0.3) is 0 Å². The van der Waals surface area contributed by atoms with E-state index in [1.807, 2.05) is 6.07 Å². The maximum Gasteiger partial charge on any atom is 0.0426 e. The van der Waals surface area contributed by atoms with Crippen LogP contribution in [0.4, 0.5) is 5.69 Å². The van der Waals surface area contributed by atoms with Gasteiger partial charge in [-0.3, -0.25) is 0 Å². The van der Waals surface area contributed by atoms with Crippen LogP contribution in [0.15, 0.2) is 18.2 Å². The maximum absolute atomic E-state index is 6.20. The molecule has 114 valence electrons. The van der Waals surface area contributed by atoms with Crippen LogP contribution in [0.2, 0.25) is 5.02 Å². The molecule has 0 aromatic heterocycles. The van der Waals surface area contributed by atoms with Crippen LogP contribution in [-0.4, -0.2) is 19.1 Å². The van der Waals surface area contributed by atoms with Gasteiger partial charge in [0.2, 0.25) is 0 Å². The van der Waals surface area contributed by atoms with E-state index in [1.54, 1.807) is 0 Å². The molecular formula is C17H29ClN2. The molecule has 1 rings (SSSR count). The van der Waals surface area contributed by atoms with E-state index in [-0.39, 0.29) is 6.04 Å². The highest BCUT2D eigenvalue weighted by atomic mass is 35.5. The molecular weight excluding hydrogens is 268 g/mol. The first kappa shape index (κ1) is 17.3. The molecule has 0 aliphatic carbocycles. The molecule has 2 unspecified atom stereocenters. The van der Waals surface area contributed by atoms with Crippen LogP contribution in [0, 0.1) is 5.92 Å². The average Bonchev–Trinajstić information content (AvgIpc) is 2.46. The Morgan fingerprint density at radius 2 is 1.90 bits per heavy atom. The minimum absolute atomic E-state index is 0.220. The zero-order valence-electron chi connectivity index (χ0n) is 13.3. The molecule has 2 nitrogen and oxygen atoms in total. The second-order valence-corrected chi connectivity index (χ2v) is 6.13. The van der Waals surface area contributed by atoms with Gasteiger partial charge in [0.25, 0.3) is 0 Å².